The standard InChI is InChI=1S/C18H14ClN3OS2/c1-21-13-9-8-11(19)10-14(13)22(12-6-4-3-5-7-12)17(23)15-16(21)20-18(24-2)25-15/h3-10H,1-2H3. The molecule has 0 fully saturated rings. The molecule has 4 nitrogen and oxygen atoms in total. The number of benzene rings is 2. The van der Waals surface area contributed by atoms with Gasteiger partial charge in [-0.3, -0.25) is 9.69 Å². The molecule has 1 amide bonds. The zero-order valence-electron chi connectivity index (χ0n) is 13.6. The van der Waals surface area contributed by atoms with E-state index in [1.165, 1.54) is 11.3 Å². The summed E-state index contributed by atoms with van der Waals surface area (Å²) in [5.74, 6) is 0.591. The summed E-state index contributed by atoms with van der Waals surface area (Å²) in [6, 6.07) is 15.2. The highest BCUT2D eigenvalue weighted by Crippen LogP contribution is 2.46. The third-order valence-corrected chi connectivity index (χ3v) is 6.29. The molecule has 2 aromatic carbocycles. The number of thiazole rings is 1. The lowest BCUT2D eigenvalue weighted by molar-refractivity contribution is 0.100. The second-order valence-corrected chi connectivity index (χ2v) is 7.99. The van der Waals surface area contributed by atoms with Crippen molar-refractivity contribution in [3.8, 4) is 0 Å². The van der Waals surface area contributed by atoms with Gasteiger partial charge in [0.15, 0.2) is 10.2 Å². The molecule has 2 heterocycles. The first-order chi connectivity index (χ1) is 12.1. The van der Waals surface area contributed by atoms with Gasteiger partial charge in [-0.15, -0.1) is 11.3 Å². The number of halogens is 1. The van der Waals surface area contributed by atoms with Crippen molar-refractivity contribution in [2.75, 3.05) is 23.1 Å². The SMILES string of the molecule is CSc1nc2c(s1)C(=O)N(c1ccccc1)c1cc(Cl)ccc1N2C. The molecule has 3 aromatic rings. The van der Waals surface area contributed by atoms with Crippen molar-refractivity contribution in [2.24, 2.45) is 0 Å². The van der Waals surface area contributed by atoms with E-state index in [0.717, 1.165) is 21.4 Å². The maximum Gasteiger partial charge on any atom is 0.276 e. The van der Waals surface area contributed by atoms with Crippen LogP contribution in [0.25, 0.3) is 0 Å². The van der Waals surface area contributed by atoms with Crippen LogP contribution in [0, 0.1) is 0 Å². The average molecular weight is 388 g/mol. The van der Waals surface area contributed by atoms with Crippen LogP contribution in [0.3, 0.4) is 0 Å². The number of aromatic nitrogens is 1. The summed E-state index contributed by atoms with van der Waals surface area (Å²) >= 11 is 9.20. The molecule has 0 aliphatic carbocycles. The van der Waals surface area contributed by atoms with Crippen molar-refractivity contribution in [3.05, 3.63) is 58.4 Å². The van der Waals surface area contributed by atoms with Gasteiger partial charge in [0.2, 0.25) is 0 Å². The second-order valence-electron chi connectivity index (χ2n) is 5.50. The molecule has 0 saturated carbocycles. The van der Waals surface area contributed by atoms with E-state index in [4.69, 9.17) is 11.6 Å². The van der Waals surface area contributed by atoms with Gasteiger partial charge in [-0.1, -0.05) is 41.6 Å². The summed E-state index contributed by atoms with van der Waals surface area (Å²) in [6.45, 7) is 0. The number of hydrogen-bond donors (Lipinski definition) is 0. The van der Waals surface area contributed by atoms with Crippen LogP contribution >= 0.6 is 34.7 Å². The van der Waals surface area contributed by atoms with Gasteiger partial charge in [-0.25, -0.2) is 4.98 Å². The molecule has 4 rings (SSSR count). The van der Waals surface area contributed by atoms with Crippen molar-refractivity contribution in [1.82, 2.24) is 4.98 Å². The summed E-state index contributed by atoms with van der Waals surface area (Å²) < 4.78 is 0.871. The van der Waals surface area contributed by atoms with Gasteiger partial charge in [0, 0.05) is 17.8 Å². The third-order valence-electron chi connectivity index (χ3n) is 4.03. The topological polar surface area (TPSA) is 36.4 Å². The Morgan fingerprint density at radius 1 is 1.12 bits per heavy atom. The van der Waals surface area contributed by atoms with E-state index in [1.54, 1.807) is 16.7 Å². The van der Waals surface area contributed by atoms with E-state index in [9.17, 15) is 4.79 Å². The zero-order chi connectivity index (χ0) is 17.6. The fraction of sp³-hybridized carbons (Fsp3) is 0.111. The van der Waals surface area contributed by atoms with Gasteiger partial charge in [-0.2, -0.15) is 0 Å². The highest BCUT2D eigenvalue weighted by Gasteiger charge is 2.33. The van der Waals surface area contributed by atoms with Crippen LogP contribution < -0.4 is 9.80 Å². The second kappa shape index (κ2) is 6.37. The number of anilines is 4. The van der Waals surface area contributed by atoms with Gasteiger partial charge >= 0.3 is 0 Å². The molecular weight excluding hydrogens is 374 g/mol. The summed E-state index contributed by atoms with van der Waals surface area (Å²) in [6.07, 6.45) is 1.96. The molecule has 0 atom stereocenters. The maximum atomic E-state index is 13.4. The van der Waals surface area contributed by atoms with Crippen molar-refractivity contribution in [3.63, 3.8) is 0 Å². The van der Waals surface area contributed by atoms with Crippen LogP contribution in [0.2, 0.25) is 5.02 Å². The molecule has 1 aliphatic rings. The van der Waals surface area contributed by atoms with Gasteiger partial charge in [-0.05, 0) is 36.6 Å². The molecule has 1 aliphatic heterocycles. The van der Waals surface area contributed by atoms with Crippen LogP contribution in [0.15, 0.2) is 52.9 Å². The zero-order valence-corrected chi connectivity index (χ0v) is 16.0. The summed E-state index contributed by atoms with van der Waals surface area (Å²) in [4.78, 5) is 22.3. The van der Waals surface area contributed by atoms with Crippen molar-refractivity contribution in [2.45, 2.75) is 4.34 Å². The minimum absolute atomic E-state index is 0.0909. The van der Waals surface area contributed by atoms with Crippen LogP contribution in [-0.4, -0.2) is 24.2 Å². The highest BCUT2D eigenvalue weighted by molar-refractivity contribution is 8.00. The molecule has 7 heteroatoms. The molecule has 0 unspecified atom stereocenters. The molecule has 0 N–H and O–H groups in total. The lowest BCUT2D eigenvalue weighted by Gasteiger charge is -2.24. The molecule has 25 heavy (non-hydrogen) atoms. The van der Waals surface area contributed by atoms with Crippen molar-refractivity contribution in [1.29, 1.82) is 0 Å². The predicted molar refractivity (Wildman–Crippen MR) is 106 cm³/mol. The Hall–Kier alpha value is -2.02. The van der Waals surface area contributed by atoms with E-state index in [2.05, 4.69) is 4.98 Å². The highest BCUT2D eigenvalue weighted by atomic mass is 35.5. The minimum Gasteiger partial charge on any atom is -0.326 e. The number of thioether (sulfide) groups is 1. The van der Waals surface area contributed by atoms with Gasteiger partial charge in [0.25, 0.3) is 5.91 Å². The molecule has 0 radical (unpaired) electrons. The predicted octanol–water partition coefficient (Wildman–Crippen LogP) is 5.58. The van der Waals surface area contributed by atoms with E-state index in [1.807, 2.05) is 66.7 Å². The number of nitrogens with zero attached hydrogens (tertiary/aromatic N) is 3. The van der Waals surface area contributed by atoms with Crippen LogP contribution in [-0.2, 0) is 0 Å². The Balaban J connectivity index is 2.01. The first kappa shape index (κ1) is 16.4. The lowest BCUT2D eigenvalue weighted by atomic mass is 10.2. The van der Waals surface area contributed by atoms with Crippen LogP contribution in [0.4, 0.5) is 22.9 Å². The Morgan fingerprint density at radius 3 is 2.60 bits per heavy atom. The van der Waals surface area contributed by atoms with Crippen molar-refractivity contribution < 1.29 is 4.79 Å². The monoisotopic (exact) mass is 387 g/mol. The number of carbonyl (C=O) groups excluding carboxylic acids is 1. The van der Waals surface area contributed by atoms with Gasteiger partial charge < -0.3 is 4.90 Å². The van der Waals surface area contributed by atoms with Crippen LogP contribution in [0.1, 0.15) is 9.67 Å². The van der Waals surface area contributed by atoms with E-state index < -0.39 is 0 Å². The molecule has 126 valence electrons. The first-order valence-electron chi connectivity index (χ1n) is 7.57. The summed E-state index contributed by atoms with van der Waals surface area (Å²) in [7, 11) is 1.93. The van der Waals surface area contributed by atoms with Crippen molar-refractivity contribution >= 4 is 63.5 Å². The molecule has 0 spiro atoms. The third kappa shape index (κ3) is 2.70. The lowest BCUT2D eigenvalue weighted by Crippen LogP contribution is -2.24. The molecule has 1 aromatic heterocycles. The Bertz CT molecular complexity index is 958. The Labute approximate surface area is 159 Å². The maximum absolute atomic E-state index is 13.4. The largest absolute Gasteiger partial charge is 0.326 e. The van der Waals surface area contributed by atoms with E-state index in [0.29, 0.717) is 15.7 Å². The fourth-order valence-corrected chi connectivity index (χ4v) is 4.55. The first-order valence-corrected chi connectivity index (χ1v) is 9.99. The molecule has 0 saturated heterocycles. The minimum atomic E-state index is -0.0909. The average Bonchev–Trinajstić information content (AvgIpc) is 3.04. The quantitative estimate of drug-likeness (QED) is 0.538. The van der Waals surface area contributed by atoms with Gasteiger partial charge in [0.05, 0.1) is 11.4 Å². The van der Waals surface area contributed by atoms with Crippen LogP contribution in [0.5, 0.6) is 0 Å². The van der Waals surface area contributed by atoms with E-state index in [-0.39, 0.29) is 5.91 Å². The Kier molecular flexibility index (Phi) is 4.19. The summed E-state index contributed by atoms with van der Waals surface area (Å²) in [5, 5.41) is 0.587. The number of hydrogen-bond acceptors (Lipinski definition) is 5. The number of rotatable bonds is 2. The fourth-order valence-electron chi connectivity index (χ4n) is 2.86. The van der Waals surface area contributed by atoms with E-state index >= 15 is 0 Å². The normalized spacial score (nSPS) is 13.5. The number of fused-ring (bicyclic) bond motifs is 2. The Morgan fingerprint density at radius 2 is 1.88 bits per heavy atom. The number of carbonyl (C=O) groups is 1. The molecule has 0 bridgehead atoms. The molecular formula is C18H14ClN3OS2. The summed E-state index contributed by atoms with van der Waals surface area (Å²) in [5.41, 5.74) is 2.44. The van der Waals surface area contributed by atoms with Gasteiger partial charge in [0.1, 0.15) is 4.88 Å². The number of para-hydroxylation sites is 1. The smallest absolute Gasteiger partial charge is 0.276 e. The number of amides is 1.